The quantitative estimate of drug-likeness (QED) is 0.0195. The van der Waals surface area contributed by atoms with E-state index in [1.165, 1.54) is 103 Å². The molecular formula is C74H140N10O6P+. The van der Waals surface area contributed by atoms with Gasteiger partial charge in [0, 0.05) is 44.5 Å². The highest BCUT2D eigenvalue weighted by Gasteiger charge is 2.40. The Bertz CT molecular complexity index is 2260. The molecule has 2 heterocycles. The molecule has 0 saturated carbocycles. The average Bonchev–Trinajstić information content (AvgIpc) is 1.64. The standard InChI is InChI=1S/C74H139N10O6P/c1-12-88-57-69-83-71-72(66-39-13-14-40-67(66)82-73(71)76)84(69)53-25-51-81-74(86)68(41-42-70(85)80-50-24-49-78-47-16-15-46-77-48-23-45-75)79-52-26-56-91(87,89-54-43-64(10)37-21-35-62(8)33-19-31-60(6)29-17-27-58(2)3)90-55-44-65(11)38-22-36-63(9)34-20-32-61(7)30-18-28-59(4)5/h13-14,39-40,58-65,68,77-79,87H,12,15-38,41-57,75H2,1-11H3,(H3-,76,80,81,82,85,86)/p+1/t60?,61?,62?,63?,64?,65?,68-,91?/m0/s1. The third kappa shape index (κ3) is 38.3. The van der Waals surface area contributed by atoms with Crippen molar-refractivity contribution in [2.45, 2.75) is 275 Å². The van der Waals surface area contributed by atoms with Crippen LogP contribution in [0.3, 0.4) is 0 Å². The number of aryl methyl sites for hydroxylation is 1. The Hall–Kier alpha value is -3.05. The van der Waals surface area contributed by atoms with E-state index in [0.717, 1.165) is 135 Å². The predicted octanol–water partition coefficient (Wildman–Crippen LogP) is 15.9. The van der Waals surface area contributed by atoms with E-state index in [1.54, 1.807) is 0 Å². The normalized spacial score (nSPS) is 15.1. The number of ether oxygens (including phenoxy) is 1. The summed E-state index contributed by atoms with van der Waals surface area (Å²) in [7, 11) is -3.22. The van der Waals surface area contributed by atoms with E-state index >= 15 is 0 Å². The lowest BCUT2D eigenvalue weighted by Crippen LogP contribution is -2.45. The first kappa shape index (κ1) is 82.2. The molecule has 0 aliphatic carbocycles. The molecule has 0 aliphatic heterocycles. The molecule has 0 bridgehead atoms. The molecule has 0 saturated heterocycles. The van der Waals surface area contributed by atoms with Crippen molar-refractivity contribution in [3.05, 3.63) is 30.1 Å². The highest BCUT2D eigenvalue weighted by molar-refractivity contribution is 7.60. The number of hydrogen-bond donors (Lipinski definition) is 8. The Morgan fingerprint density at radius 1 is 0.560 bits per heavy atom. The van der Waals surface area contributed by atoms with Crippen LogP contribution in [-0.4, -0.2) is 116 Å². The zero-order chi connectivity index (χ0) is 66.5. The van der Waals surface area contributed by atoms with Crippen LogP contribution in [0.1, 0.15) is 262 Å². The van der Waals surface area contributed by atoms with Crippen molar-refractivity contribution < 1.29 is 28.3 Å². The fourth-order valence-electron chi connectivity index (χ4n) is 12.5. The van der Waals surface area contributed by atoms with Crippen LogP contribution in [0.15, 0.2) is 24.3 Å². The summed E-state index contributed by atoms with van der Waals surface area (Å²) in [5, 5.41) is 17.7. The maximum atomic E-state index is 14.2. The number of anilines is 1. The molecule has 0 fully saturated rings. The fraction of sp³-hybridized carbons (Fsp3) is 0.838. The highest BCUT2D eigenvalue weighted by Crippen LogP contribution is 2.57. The first-order chi connectivity index (χ1) is 43.8. The number of rotatable bonds is 60. The first-order valence-electron chi connectivity index (χ1n) is 37.2. The number of para-hydroxylation sites is 1. The zero-order valence-corrected chi connectivity index (χ0v) is 61.0. The molecule has 10 N–H and O–H groups in total. The lowest BCUT2D eigenvalue weighted by molar-refractivity contribution is -0.124. The van der Waals surface area contributed by atoms with Gasteiger partial charge in [-0.15, -0.1) is 0 Å². The Morgan fingerprint density at radius 2 is 1.04 bits per heavy atom. The van der Waals surface area contributed by atoms with Gasteiger partial charge >= 0.3 is 7.94 Å². The molecule has 17 heteroatoms. The Labute approximate surface area is 556 Å². The molecule has 16 nitrogen and oxygen atoms in total. The van der Waals surface area contributed by atoms with Gasteiger partial charge in [0.05, 0.1) is 30.3 Å². The molecule has 0 spiro atoms. The van der Waals surface area contributed by atoms with Gasteiger partial charge in [0.2, 0.25) is 11.8 Å². The van der Waals surface area contributed by atoms with Gasteiger partial charge in [-0.3, -0.25) is 9.59 Å². The third-order valence-corrected chi connectivity index (χ3v) is 20.7. The summed E-state index contributed by atoms with van der Waals surface area (Å²) >= 11 is 0. The van der Waals surface area contributed by atoms with Crippen LogP contribution in [0.2, 0.25) is 0 Å². The minimum Gasteiger partial charge on any atom is -0.382 e. The van der Waals surface area contributed by atoms with Crippen LogP contribution in [-0.2, 0) is 36.5 Å². The number of nitrogen functional groups attached to an aromatic ring is 1. The SMILES string of the molecule is CCOCc1nc2c(N)nc3ccccc3c2n1CCCNC(=O)[C@H](CCC(=O)NCCCNCCCCNCCCN)NCCC[P+](O)(OCCC(C)CCCC(C)CCCC(C)CCCC(C)C)OCCC(C)CCCC(C)CCCC(C)CCCC(C)C. The van der Waals surface area contributed by atoms with Crippen molar-refractivity contribution in [2.24, 2.45) is 53.1 Å². The van der Waals surface area contributed by atoms with E-state index in [0.29, 0.717) is 108 Å². The summed E-state index contributed by atoms with van der Waals surface area (Å²) in [6.45, 7) is 33.9. The Balaban J connectivity index is 1.63. The van der Waals surface area contributed by atoms with E-state index in [-0.39, 0.29) is 18.2 Å². The molecule has 1 aromatic carbocycles. The molecule has 0 radical (unpaired) electrons. The molecule has 2 aromatic heterocycles. The lowest BCUT2D eigenvalue weighted by atomic mass is 9.91. The van der Waals surface area contributed by atoms with Crippen LogP contribution in [0.25, 0.3) is 21.9 Å². The smallest absolute Gasteiger partial charge is 0.382 e. The number of benzene rings is 1. The summed E-state index contributed by atoms with van der Waals surface area (Å²) in [5.41, 5.74) is 14.4. The van der Waals surface area contributed by atoms with Crippen molar-refractivity contribution >= 4 is 47.5 Å². The van der Waals surface area contributed by atoms with Crippen LogP contribution < -0.4 is 38.1 Å². The van der Waals surface area contributed by atoms with Crippen LogP contribution >= 0.6 is 7.94 Å². The Morgan fingerprint density at radius 3 is 1.56 bits per heavy atom. The minimum atomic E-state index is -3.22. The number of nitrogens with two attached hydrogens (primary N) is 2. The second kappa shape index (κ2) is 50.3. The van der Waals surface area contributed by atoms with Gasteiger partial charge < -0.3 is 47.4 Å². The summed E-state index contributed by atoms with van der Waals surface area (Å²) in [5.74, 6) is 6.60. The topological polar surface area (TPSA) is 225 Å². The lowest BCUT2D eigenvalue weighted by Gasteiger charge is -2.21. The number of aromatic nitrogens is 3. The number of nitrogens with one attached hydrogen (secondary N) is 5. The van der Waals surface area contributed by atoms with E-state index in [9.17, 15) is 14.5 Å². The minimum absolute atomic E-state index is 0.0756. The van der Waals surface area contributed by atoms with E-state index in [2.05, 4.69) is 105 Å². The maximum absolute atomic E-state index is 14.2. The maximum Gasteiger partial charge on any atom is 0.408 e. The third-order valence-electron chi connectivity index (χ3n) is 18.7. The van der Waals surface area contributed by atoms with Gasteiger partial charge in [0.25, 0.3) is 0 Å². The molecule has 7 atom stereocenters. The molecule has 91 heavy (non-hydrogen) atoms. The van der Waals surface area contributed by atoms with Crippen molar-refractivity contribution in [2.75, 3.05) is 84.1 Å². The highest BCUT2D eigenvalue weighted by atomic mass is 31.2. The van der Waals surface area contributed by atoms with Crippen molar-refractivity contribution in [1.82, 2.24) is 41.1 Å². The number of fused-ring (bicyclic) bond motifs is 3. The first-order valence-corrected chi connectivity index (χ1v) is 39.0. The second-order valence-electron chi connectivity index (χ2n) is 28.7. The largest absolute Gasteiger partial charge is 0.408 e. The second-order valence-corrected chi connectivity index (χ2v) is 31.0. The summed E-state index contributed by atoms with van der Waals surface area (Å²) in [6, 6.07) is 7.32. The number of unbranched alkanes of at least 4 members (excludes halogenated alkanes) is 1. The Kier molecular flexibility index (Phi) is 45.5. The van der Waals surface area contributed by atoms with Gasteiger partial charge in [-0.05, 0) is 151 Å². The average molecular weight is 1300 g/mol. The van der Waals surface area contributed by atoms with Crippen molar-refractivity contribution in [3.63, 3.8) is 0 Å². The van der Waals surface area contributed by atoms with Gasteiger partial charge in [-0.25, -0.2) is 9.97 Å². The van der Waals surface area contributed by atoms with Gasteiger partial charge in [0.1, 0.15) is 24.1 Å². The van der Waals surface area contributed by atoms with Crippen LogP contribution in [0.4, 0.5) is 5.82 Å². The molecular weight excluding hydrogens is 1160 g/mol. The van der Waals surface area contributed by atoms with Gasteiger partial charge in [0.15, 0.2) is 5.82 Å². The van der Waals surface area contributed by atoms with Gasteiger partial charge in [-0.1, -0.05) is 203 Å². The fourth-order valence-corrected chi connectivity index (χ4v) is 14.2. The van der Waals surface area contributed by atoms with Crippen molar-refractivity contribution in [3.8, 4) is 0 Å². The zero-order valence-electron chi connectivity index (χ0n) is 60.1. The summed E-state index contributed by atoms with van der Waals surface area (Å²) in [6.07, 6.45) is 31.2. The molecule has 0 aliphatic rings. The number of nitrogens with zero attached hydrogens (tertiary/aromatic N) is 3. The van der Waals surface area contributed by atoms with Crippen LogP contribution in [0, 0.1) is 47.3 Å². The molecule has 526 valence electrons. The molecule has 6 unspecified atom stereocenters. The molecule has 3 aromatic rings. The summed E-state index contributed by atoms with van der Waals surface area (Å²) < 4.78 is 21.0. The number of hydrogen-bond acceptors (Lipinski definition) is 13. The van der Waals surface area contributed by atoms with Gasteiger partial charge in [-0.2, -0.15) is 13.9 Å². The van der Waals surface area contributed by atoms with E-state index in [4.69, 9.17) is 30.2 Å². The number of carbonyl (C=O) groups excluding carboxylic acids is 2. The predicted molar refractivity (Wildman–Crippen MR) is 387 cm³/mol. The number of pyridine rings is 1. The summed E-state index contributed by atoms with van der Waals surface area (Å²) in [4.78, 5) is 49.3. The van der Waals surface area contributed by atoms with E-state index < -0.39 is 14.0 Å². The van der Waals surface area contributed by atoms with Crippen LogP contribution in [0.5, 0.6) is 0 Å². The number of carbonyl (C=O) groups is 2. The number of amides is 2. The monoisotopic (exact) mass is 1300 g/mol. The van der Waals surface area contributed by atoms with Crippen molar-refractivity contribution in [1.29, 1.82) is 0 Å². The number of imidazole rings is 1. The van der Waals surface area contributed by atoms with E-state index in [1.807, 2.05) is 31.2 Å². The molecule has 2 amide bonds. The molecule has 3 rings (SSSR count).